The molecule has 0 fully saturated rings. The molecule has 0 radical (unpaired) electrons. The van der Waals surface area contributed by atoms with E-state index in [1.807, 2.05) is 45.9 Å². The lowest BCUT2D eigenvalue weighted by Crippen LogP contribution is -2.45. The summed E-state index contributed by atoms with van der Waals surface area (Å²) < 4.78 is 5.41. The molecule has 0 spiro atoms. The van der Waals surface area contributed by atoms with Crippen LogP contribution in [-0.4, -0.2) is 40.8 Å². The minimum absolute atomic E-state index is 0.0137. The smallest absolute Gasteiger partial charge is 0.310 e. The third kappa shape index (κ3) is 5.79. The molecule has 1 N–H and O–H groups in total. The lowest BCUT2D eigenvalue weighted by Gasteiger charge is -2.28. The fraction of sp³-hybridized carbons (Fsp3) is 0.364. The van der Waals surface area contributed by atoms with Crippen molar-refractivity contribution in [1.29, 1.82) is 0 Å². The Morgan fingerprint density at radius 1 is 1.17 bits per heavy atom. The van der Waals surface area contributed by atoms with Crippen LogP contribution in [0.1, 0.15) is 31.4 Å². The molecule has 0 heterocycles. The van der Waals surface area contributed by atoms with Crippen LogP contribution >= 0.6 is 0 Å². The van der Waals surface area contributed by atoms with E-state index in [1.165, 1.54) is 23.1 Å². The topological polar surface area (TPSA) is 102 Å². The highest BCUT2D eigenvalue weighted by molar-refractivity contribution is 5.95. The Balaban J connectivity index is 2.08. The van der Waals surface area contributed by atoms with Crippen molar-refractivity contribution in [2.75, 3.05) is 18.5 Å². The largest absolute Gasteiger partial charge is 0.477 e. The number of carbonyl (C=O) groups is 2. The highest BCUT2D eigenvalue weighted by Gasteiger charge is 2.24. The normalized spacial score (nSPS) is 11.5. The number of carbonyl (C=O) groups excluding carboxylic acids is 2. The molecule has 30 heavy (non-hydrogen) atoms. The number of ether oxygens (including phenoxy) is 1. The van der Waals surface area contributed by atoms with Crippen molar-refractivity contribution in [3.8, 4) is 5.75 Å². The van der Waals surface area contributed by atoms with Crippen molar-refractivity contribution in [3.63, 3.8) is 0 Å². The van der Waals surface area contributed by atoms with Crippen molar-refractivity contribution >= 4 is 23.2 Å². The molecule has 0 unspecified atom stereocenters. The highest BCUT2D eigenvalue weighted by atomic mass is 16.6. The molecule has 0 saturated heterocycles. The quantitative estimate of drug-likeness (QED) is 0.497. The molecule has 2 rings (SSSR count). The predicted molar refractivity (Wildman–Crippen MR) is 115 cm³/mol. The van der Waals surface area contributed by atoms with Crippen molar-refractivity contribution in [3.05, 3.63) is 63.7 Å². The van der Waals surface area contributed by atoms with Crippen molar-refractivity contribution < 1.29 is 19.2 Å². The van der Waals surface area contributed by atoms with Gasteiger partial charge in [-0.15, -0.1) is 0 Å². The first kappa shape index (κ1) is 22.9. The number of aryl methyl sites for hydroxylation is 1. The standard InChI is InChI=1S/C22H27N3O5/c1-5-16(3)24(13-21(26)23-18-10-8-9-15(2)17(18)4)22(27)14-30-20-12-7-6-11-19(20)25(28)29/h6-12,16H,5,13-14H2,1-4H3,(H,23,26)/t16-/m0/s1. The van der Waals surface area contributed by atoms with Gasteiger partial charge in [0.25, 0.3) is 5.91 Å². The van der Waals surface area contributed by atoms with Gasteiger partial charge in [-0.3, -0.25) is 19.7 Å². The van der Waals surface area contributed by atoms with Crippen LogP contribution in [-0.2, 0) is 9.59 Å². The monoisotopic (exact) mass is 413 g/mol. The first-order valence-electron chi connectivity index (χ1n) is 9.76. The molecule has 0 aliphatic rings. The molecule has 2 amide bonds. The van der Waals surface area contributed by atoms with Gasteiger partial charge in [0.2, 0.25) is 5.91 Å². The van der Waals surface area contributed by atoms with Crippen LogP contribution in [0.5, 0.6) is 5.75 Å². The minimum Gasteiger partial charge on any atom is -0.477 e. The van der Waals surface area contributed by atoms with Gasteiger partial charge in [0.1, 0.15) is 6.54 Å². The summed E-state index contributed by atoms with van der Waals surface area (Å²) in [4.78, 5) is 37.3. The Morgan fingerprint density at radius 3 is 2.53 bits per heavy atom. The summed E-state index contributed by atoms with van der Waals surface area (Å²) in [5.74, 6) is -0.721. The maximum atomic E-state index is 12.8. The zero-order chi connectivity index (χ0) is 22.3. The maximum Gasteiger partial charge on any atom is 0.310 e. The van der Waals surface area contributed by atoms with Crippen LogP contribution in [0.3, 0.4) is 0 Å². The number of hydrogen-bond acceptors (Lipinski definition) is 5. The summed E-state index contributed by atoms with van der Waals surface area (Å²) in [6.45, 7) is 7.10. The molecule has 160 valence electrons. The Labute approximate surface area is 176 Å². The summed E-state index contributed by atoms with van der Waals surface area (Å²) >= 11 is 0. The first-order chi connectivity index (χ1) is 14.2. The molecular weight excluding hydrogens is 386 g/mol. The minimum atomic E-state index is -0.566. The third-order valence-electron chi connectivity index (χ3n) is 5.05. The van der Waals surface area contributed by atoms with Gasteiger partial charge in [0, 0.05) is 17.8 Å². The molecule has 0 aliphatic carbocycles. The molecule has 2 aromatic carbocycles. The Morgan fingerprint density at radius 2 is 1.87 bits per heavy atom. The third-order valence-corrected chi connectivity index (χ3v) is 5.05. The predicted octanol–water partition coefficient (Wildman–Crippen LogP) is 3.86. The van der Waals surface area contributed by atoms with Crippen molar-refractivity contribution in [2.24, 2.45) is 0 Å². The number of benzene rings is 2. The Kier molecular flexibility index (Phi) is 7.91. The van der Waals surface area contributed by atoms with Crippen molar-refractivity contribution in [1.82, 2.24) is 4.90 Å². The maximum absolute atomic E-state index is 12.8. The van der Waals surface area contributed by atoms with E-state index in [1.54, 1.807) is 6.07 Å². The van der Waals surface area contributed by atoms with E-state index in [9.17, 15) is 19.7 Å². The van der Waals surface area contributed by atoms with Crippen LogP contribution in [0, 0.1) is 24.0 Å². The number of hydrogen-bond donors (Lipinski definition) is 1. The number of nitro groups is 1. The van der Waals surface area contributed by atoms with Crippen LogP contribution in [0.2, 0.25) is 0 Å². The first-order valence-corrected chi connectivity index (χ1v) is 9.76. The van der Waals surface area contributed by atoms with Crippen LogP contribution in [0.15, 0.2) is 42.5 Å². The molecule has 8 heteroatoms. The van der Waals surface area contributed by atoms with Crippen LogP contribution < -0.4 is 10.1 Å². The number of nitro benzene ring substituents is 1. The van der Waals surface area contributed by atoms with Crippen LogP contribution in [0.4, 0.5) is 11.4 Å². The van der Waals surface area contributed by atoms with E-state index in [0.29, 0.717) is 12.1 Å². The SMILES string of the molecule is CC[C@H](C)N(CC(=O)Nc1cccc(C)c1C)C(=O)COc1ccccc1[N+](=O)[O-]. The number of amides is 2. The average molecular weight is 413 g/mol. The molecule has 0 aromatic heterocycles. The van der Waals surface area contributed by atoms with Gasteiger partial charge < -0.3 is 15.0 Å². The molecular formula is C22H27N3O5. The molecule has 0 aliphatic heterocycles. The summed E-state index contributed by atoms with van der Waals surface area (Å²) in [5.41, 5.74) is 2.51. The fourth-order valence-corrected chi connectivity index (χ4v) is 2.89. The van der Waals surface area contributed by atoms with Gasteiger partial charge in [-0.25, -0.2) is 0 Å². The zero-order valence-corrected chi connectivity index (χ0v) is 17.7. The fourth-order valence-electron chi connectivity index (χ4n) is 2.89. The van der Waals surface area contributed by atoms with E-state index >= 15 is 0 Å². The van der Waals surface area contributed by atoms with E-state index in [0.717, 1.165) is 11.1 Å². The molecule has 8 nitrogen and oxygen atoms in total. The molecule has 0 bridgehead atoms. The van der Waals surface area contributed by atoms with E-state index in [-0.39, 0.29) is 29.9 Å². The molecule has 0 saturated carbocycles. The van der Waals surface area contributed by atoms with E-state index in [4.69, 9.17) is 4.74 Å². The van der Waals surface area contributed by atoms with Gasteiger partial charge >= 0.3 is 5.69 Å². The summed E-state index contributed by atoms with van der Waals surface area (Å²) in [6, 6.07) is 11.3. The van der Waals surface area contributed by atoms with Gasteiger partial charge in [-0.05, 0) is 50.5 Å². The van der Waals surface area contributed by atoms with Gasteiger partial charge in [0.15, 0.2) is 12.4 Å². The number of para-hydroxylation sites is 2. The van der Waals surface area contributed by atoms with Crippen molar-refractivity contribution in [2.45, 2.75) is 40.2 Å². The Bertz CT molecular complexity index is 929. The summed E-state index contributed by atoms with van der Waals surface area (Å²) in [7, 11) is 0. The Hall–Kier alpha value is -3.42. The number of nitrogens with zero attached hydrogens (tertiary/aromatic N) is 2. The highest BCUT2D eigenvalue weighted by Crippen LogP contribution is 2.26. The lowest BCUT2D eigenvalue weighted by molar-refractivity contribution is -0.385. The lowest BCUT2D eigenvalue weighted by atomic mass is 10.1. The zero-order valence-electron chi connectivity index (χ0n) is 17.7. The molecule has 1 atom stereocenters. The second kappa shape index (κ2) is 10.4. The average Bonchev–Trinajstić information content (AvgIpc) is 2.73. The second-order valence-corrected chi connectivity index (χ2v) is 7.09. The van der Waals surface area contributed by atoms with E-state index in [2.05, 4.69) is 5.32 Å². The number of nitrogens with one attached hydrogen (secondary N) is 1. The summed E-state index contributed by atoms with van der Waals surface area (Å²) in [5, 5.41) is 14.0. The number of anilines is 1. The molecule has 2 aromatic rings. The van der Waals surface area contributed by atoms with Crippen LogP contribution in [0.25, 0.3) is 0 Å². The number of rotatable bonds is 9. The second-order valence-electron chi connectivity index (χ2n) is 7.09. The van der Waals surface area contributed by atoms with E-state index < -0.39 is 17.4 Å². The van der Waals surface area contributed by atoms with Gasteiger partial charge in [-0.1, -0.05) is 31.2 Å². The summed E-state index contributed by atoms with van der Waals surface area (Å²) in [6.07, 6.45) is 0.647. The van der Waals surface area contributed by atoms with Gasteiger partial charge in [-0.2, -0.15) is 0 Å². The van der Waals surface area contributed by atoms with Gasteiger partial charge in [0.05, 0.1) is 4.92 Å².